The van der Waals surface area contributed by atoms with Crippen molar-refractivity contribution in [2.45, 2.75) is 111 Å². The lowest BCUT2D eigenvalue weighted by Crippen LogP contribution is -2.13. The smallest absolute Gasteiger partial charge is 0.305 e. The van der Waals surface area contributed by atoms with E-state index >= 15 is 0 Å². The Bertz CT molecular complexity index is 365. The van der Waals surface area contributed by atoms with Gasteiger partial charge >= 0.3 is 11.9 Å². The molecule has 0 heterocycles. The third-order valence-electron chi connectivity index (χ3n) is 5.14. The second kappa shape index (κ2) is 18.3. The van der Waals surface area contributed by atoms with Crippen molar-refractivity contribution in [3.05, 3.63) is 0 Å². The molecule has 0 radical (unpaired) electrons. The second-order valence-corrected chi connectivity index (χ2v) is 8.00. The first kappa shape index (κ1) is 25.9. The number of hydrogen-bond acceptors (Lipinski definition) is 4. The Morgan fingerprint density at radius 2 is 1.19 bits per heavy atom. The molecule has 0 spiro atoms. The molecule has 0 fully saturated rings. The summed E-state index contributed by atoms with van der Waals surface area (Å²) in [7, 11) is 0. The van der Waals surface area contributed by atoms with E-state index in [0.717, 1.165) is 44.9 Å². The Hall–Kier alpha value is -1.06. The summed E-state index contributed by atoms with van der Waals surface area (Å²) in [6, 6.07) is 0. The molecule has 4 nitrogen and oxygen atoms in total. The van der Waals surface area contributed by atoms with E-state index in [2.05, 4.69) is 27.7 Å². The van der Waals surface area contributed by atoms with Crippen LogP contribution in [0.15, 0.2) is 0 Å². The Morgan fingerprint density at radius 1 is 0.667 bits per heavy atom. The van der Waals surface area contributed by atoms with Crippen molar-refractivity contribution >= 4 is 11.9 Å². The normalized spacial score (nSPS) is 12.2. The third kappa shape index (κ3) is 16.8. The van der Waals surface area contributed by atoms with Crippen LogP contribution in [0.5, 0.6) is 0 Å². The van der Waals surface area contributed by atoms with Gasteiger partial charge in [-0.25, -0.2) is 0 Å². The van der Waals surface area contributed by atoms with E-state index in [1.165, 1.54) is 25.7 Å². The van der Waals surface area contributed by atoms with Gasteiger partial charge in [-0.15, -0.1) is 0 Å². The average molecular weight is 385 g/mol. The summed E-state index contributed by atoms with van der Waals surface area (Å²) in [5.41, 5.74) is 0. The lowest BCUT2D eigenvalue weighted by molar-refractivity contribution is -0.145. The van der Waals surface area contributed by atoms with E-state index in [1.807, 2.05) is 0 Å². The van der Waals surface area contributed by atoms with Crippen LogP contribution in [0.2, 0.25) is 0 Å². The summed E-state index contributed by atoms with van der Waals surface area (Å²) >= 11 is 0. The zero-order valence-electron chi connectivity index (χ0n) is 18.4. The number of carbonyl (C=O) groups excluding carboxylic acids is 2. The maximum atomic E-state index is 11.8. The molecule has 0 bridgehead atoms. The summed E-state index contributed by atoms with van der Waals surface area (Å²) in [5.74, 6) is 1.11. The van der Waals surface area contributed by atoms with Crippen molar-refractivity contribution in [1.29, 1.82) is 0 Å². The standard InChI is InChI=1S/C23H44O4/c1-5-7-18-26-22(24)15-13-11-9-10-12-14-21(20(3)4)16-17-23(25)27-19-8-6-2/h20-21H,5-19H2,1-4H3. The lowest BCUT2D eigenvalue weighted by atomic mass is 9.86. The summed E-state index contributed by atoms with van der Waals surface area (Å²) in [6.07, 6.45) is 12.9. The van der Waals surface area contributed by atoms with Gasteiger partial charge in [0.05, 0.1) is 13.2 Å². The molecule has 0 amide bonds. The summed E-state index contributed by atoms with van der Waals surface area (Å²) in [5, 5.41) is 0. The molecule has 0 aromatic carbocycles. The molecule has 0 saturated carbocycles. The molecule has 0 aromatic heterocycles. The monoisotopic (exact) mass is 384 g/mol. The van der Waals surface area contributed by atoms with Gasteiger partial charge in [0.15, 0.2) is 0 Å². The predicted molar refractivity (Wildman–Crippen MR) is 112 cm³/mol. The Morgan fingerprint density at radius 3 is 1.74 bits per heavy atom. The minimum absolute atomic E-state index is 0.0417. The van der Waals surface area contributed by atoms with Crippen molar-refractivity contribution in [1.82, 2.24) is 0 Å². The minimum Gasteiger partial charge on any atom is -0.466 e. The average Bonchev–Trinajstić information content (AvgIpc) is 2.63. The van der Waals surface area contributed by atoms with Crippen LogP contribution in [0, 0.1) is 11.8 Å². The van der Waals surface area contributed by atoms with Crippen LogP contribution in [0.1, 0.15) is 111 Å². The minimum atomic E-state index is -0.0471. The van der Waals surface area contributed by atoms with Gasteiger partial charge in [0.25, 0.3) is 0 Å². The highest BCUT2D eigenvalue weighted by Gasteiger charge is 2.15. The van der Waals surface area contributed by atoms with Crippen LogP contribution in [-0.4, -0.2) is 25.2 Å². The topological polar surface area (TPSA) is 52.6 Å². The van der Waals surface area contributed by atoms with Gasteiger partial charge in [-0.3, -0.25) is 9.59 Å². The fourth-order valence-corrected chi connectivity index (χ4v) is 3.13. The molecule has 0 saturated heterocycles. The van der Waals surface area contributed by atoms with Crippen molar-refractivity contribution in [2.24, 2.45) is 11.8 Å². The molecule has 0 aliphatic rings. The van der Waals surface area contributed by atoms with Gasteiger partial charge in [-0.2, -0.15) is 0 Å². The van der Waals surface area contributed by atoms with Crippen LogP contribution >= 0.6 is 0 Å². The Labute approximate surface area is 167 Å². The third-order valence-corrected chi connectivity index (χ3v) is 5.14. The number of ether oxygens (including phenoxy) is 2. The van der Waals surface area contributed by atoms with Gasteiger partial charge in [0.1, 0.15) is 0 Å². The van der Waals surface area contributed by atoms with E-state index in [-0.39, 0.29) is 11.9 Å². The summed E-state index contributed by atoms with van der Waals surface area (Å²) < 4.78 is 10.4. The Kier molecular flexibility index (Phi) is 17.6. The van der Waals surface area contributed by atoms with Gasteiger partial charge in [-0.1, -0.05) is 72.6 Å². The zero-order chi connectivity index (χ0) is 20.3. The highest BCUT2D eigenvalue weighted by molar-refractivity contribution is 5.69. The molecular formula is C23H44O4. The van der Waals surface area contributed by atoms with Gasteiger partial charge in [0, 0.05) is 12.8 Å². The molecule has 4 heteroatoms. The number of carbonyl (C=O) groups is 2. The molecular weight excluding hydrogens is 340 g/mol. The molecule has 0 aliphatic carbocycles. The van der Waals surface area contributed by atoms with Crippen molar-refractivity contribution in [2.75, 3.05) is 13.2 Å². The van der Waals surface area contributed by atoms with Crippen LogP contribution in [0.25, 0.3) is 0 Å². The van der Waals surface area contributed by atoms with Crippen molar-refractivity contribution in [3.8, 4) is 0 Å². The van der Waals surface area contributed by atoms with Crippen LogP contribution < -0.4 is 0 Å². The first-order valence-corrected chi connectivity index (χ1v) is 11.3. The highest BCUT2D eigenvalue weighted by atomic mass is 16.5. The molecule has 160 valence electrons. The largest absolute Gasteiger partial charge is 0.466 e. The van der Waals surface area contributed by atoms with E-state index in [1.54, 1.807) is 0 Å². The van der Waals surface area contributed by atoms with E-state index in [0.29, 0.717) is 37.9 Å². The van der Waals surface area contributed by atoms with Gasteiger partial charge < -0.3 is 9.47 Å². The number of unbranched alkanes of at least 4 members (excludes halogenated alkanes) is 6. The zero-order valence-corrected chi connectivity index (χ0v) is 18.4. The molecule has 0 aliphatic heterocycles. The van der Waals surface area contributed by atoms with Crippen LogP contribution in [0.4, 0.5) is 0 Å². The predicted octanol–water partition coefficient (Wildman–Crippen LogP) is 6.46. The van der Waals surface area contributed by atoms with Gasteiger partial charge in [0.2, 0.25) is 0 Å². The molecule has 0 N–H and O–H groups in total. The molecule has 0 rings (SSSR count). The highest BCUT2D eigenvalue weighted by Crippen LogP contribution is 2.24. The fourth-order valence-electron chi connectivity index (χ4n) is 3.13. The molecule has 1 atom stereocenters. The maximum Gasteiger partial charge on any atom is 0.305 e. The number of rotatable bonds is 18. The van der Waals surface area contributed by atoms with E-state index in [4.69, 9.17) is 9.47 Å². The molecule has 27 heavy (non-hydrogen) atoms. The lowest BCUT2D eigenvalue weighted by Gasteiger charge is -2.20. The SMILES string of the molecule is CCCCOC(=O)CCCCCCCC(CCC(=O)OCCCC)C(C)C. The Balaban J connectivity index is 3.70. The van der Waals surface area contributed by atoms with E-state index in [9.17, 15) is 9.59 Å². The van der Waals surface area contributed by atoms with Crippen LogP contribution in [0.3, 0.4) is 0 Å². The first-order chi connectivity index (χ1) is 13.0. The number of hydrogen-bond donors (Lipinski definition) is 0. The summed E-state index contributed by atoms with van der Waals surface area (Å²) in [6.45, 7) is 9.82. The number of esters is 2. The van der Waals surface area contributed by atoms with Crippen molar-refractivity contribution < 1.29 is 19.1 Å². The van der Waals surface area contributed by atoms with Gasteiger partial charge in [-0.05, 0) is 37.5 Å². The van der Waals surface area contributed by atoms with Crippen molar-refractivity contribution in [3.63, 3.8) is 0 Å². The second-order valence-electron chi connectivity index (χ2n) is 8.00. The molecule has 1 unspecified atom stereocenters. The quantitative estimate of drug-likeness (QED) is 0.201. The van der Waals surface area contributed by atoms with Crippen LogP contribution in [-0.2, 0) is 19.1 Å². The van der Waals surface area contributed by atoms with E-state index < -0.39 is 0 Å². The summed E-state index contributed by atoms with van der Waals surface area (Å²) in [4.78, 5) is 23.3. The fraction of sp³-hybridized carbons (Fsp3) is 0.913. The maximum absolute atomic E-state index is 11.8. The molecule has 0 aromatic rings. The first-order valence-electron chi connectivity index (χ1n) is 11.3.